The largest absolute Gasteiger partial charge is 0.368 e. The number of carbonyl (C=O) groups is 1. The Bertz CT molecular complexity index is 346. The van der Waals surface area contributed by atoms with E-state index in [-0.39, 0.29) is 29.2 Å². The number of amides is 1. The number of carbonyl (C=O) groups excluding carboxylic acids is 1. The number of rotatable bonds is 3. The van der Waals surface area contributed by atoms with Gasteiger partial charge < -0.3 is 15.0 Å². The van der Waals surface area contributed by atoms with Crippen LogP contribution in [-0.4, -0.2) is 47.2 Å². The molecule has 0 aromatic carbocycles. The average molecular weight is 268 g/mol. The predicted molar refractivity (Wildman–Crippen MR) is 76.1 cm³/mol. The molecule has 2 rings (SSSR count). The Labute approximate surface area is 116 Å². The minimum Gasteiger partial charge on any atom is -0.368 e. The predicted octanol–water partition coefficient (Wildman–Crippen LogP) is 1.93. The normalized spacial score (nSPS) is 30.6. The highest BCUT2D eigenvalue weighted by Gasteiger charge is 2.46. The van der Waals surface area contributed by atoms with Gasteiger partial charge >= 0.3 is 0 Å². The summed E-state index contributed by atoms with van der Waals surface area (Å²) in [5.74, 6) is 0.234. The molecule has 2 fully saturated rings. The molecule has 0 aromatic rings. The molecular weight excluding hydrogens is 240 g/mol. The summed E-state index contributed by atoms with van der Waals surface area (Å²) in [6, 6.07) is 0.101. The SMILES string of the molecule is CC(NC1CC(C)(C)OC1(C)C)C(=O)N1CCCC1. The average Bonchev–Trinajstić information content (AvgIpc) is 2.83. The Hall–Kier alpha value is -0.610. The second-order valence-corrected chi connectivity index (χ2v) is 7.14. The van der Waals surface area contributed by atoms with E-state index in [0.29, 0.717) is 0 Å². The lowest BCUT2D eigenvalue weighted by Gasteiger charge is -2.31. The number of hydrogen-bond donors (Lipinski definition) is 1. The molecule has 0 saturated carbocycles. The lowest BCUT2D eigenvalue weighted by atomic mass is 9.94. The molecule has 1 N–H and O–H groups in total. The van der Waals surface area contributed by atoms with Crippen LogP contribution in [0, 0.1) is 0 Å². The molecule has 2 saturated heterocycles. The van der Waals surface area contributed by atoms with Gasteiger partial charge in [-0.1, -0.05) is 0 Å². The van der Waals surface area contributed by atoms with Crippen LogP contribution in [0.25, 0.3) is 0 Å². The molecule has 0 aliphatic carbocycles. The molecule has 2 atom stereocenters. The van der Waals surface area contributed by atoms with Gasteiger partial charge in [0.2, 0.25) is 5.91 Å². The lowest BCUT2D eigenvalue weighted by Crippen LogP contribution is -2.52. The smallest absolute Gasteiger partial charge is 0.239 e. The van der Waals surface area contributed by atoms with Gasteiger partial charge in [-0.2, -0.15) is 0 Å². The minimum atomic E-state index is -0.219. The van der Waals surface area contributed by atoms with E-state index in [1.165, 1.54) is 0 Å². The fourth-order valence-corrected chi connectivity index (χ4v) is 3.41. The molecule has 2 aliphatic heterocycles. The summed E-state index contributed by atoms with van der Waals surface area (Å²) in [6.07, 6.45) is 3.23. The zero-order chi connectivity index (χ0) is 14.3. The van der Waals surface area contributed by atoms with Gasteiger partial charge in [0.15, 0.2) is 0 Å². The van der Waals surface area contributed by atoms with Gasteiger partial charge in [0.1, 0.15) is 0 Å². The van der Waals surface area contributed by atoms with Crippen LogP contribution in [0.3, 0.4) is 0 Å². The molecule has 2 heterocycles. The van der Waals surface area contributed by atoms with Gasteiger partial charge in [0.25, 0.3) is 0 Å². The van der Waals surface area contributed by atoms with E-state index in [4.69, 9.17) is 4.74 Å². The second-order valence-electron chi connectivity index (χ2n) is 7.14. The van der Waals surface area contributed by atoms with Crippen molar-refractivity contribution < 1.29 is 9.53 Å². The summed E-state index contributed by atoms with van der Waals surface area (Å²) < 4.78 is 6.07. The highest BCUT2D eigenvalue weighted by atomic mass is 16.5. The minimum absolute atomic E-state index is 0.114. The van der Waals surface area contributed by atoms with E-state index in [2.05, 4.69) is 33.0 Å². The maximum atomic E-state index is 12.3. The summed E-state index contributed by atoms with van der Waals surface area (Å²) >= 11 is 0. The molecule has 4 nitrogen and oxygen atoms in total. The first-order chi connectivity index (χ1) is 8.71. The van der Waals surface area contributed by atoms with Crippen molar-refractivity contribution in [3.63, 3.8) is 0 Å². The zero-order valence-electron chi connectivity index (χ0n) is 13.0. The van der Waals surface area contributed by atoms with Gasteiger partial charge in [-0.25, -0.2) is 0 Å². The fourth-order valence-electron chi connectivity index (χ4n) is 3.41. The van der Waals surface area contributed by atoms with Crippen LogP contribution in [0.4, 0.5) is 0 Å². The zero-order valence-corrected chi connectivity index (χ0v) is 13.0. The van der Waals surface area contributed by atoms with E-state index in [1.807, 2.05) is 11.8 Å². The molecule has 0 aromatic heterocycles. The summed E-state index contributed by atoms with van der Waals surface area (Å²) in [5, 5.41) is 3.49. The van der Waals surface area contributed by atoms with Gasteiger partial charge in [-0.15, -0.1) is 0 Å². The maximum Gasteiger partial charge on any atom is 0.239 e. The Balaban J connectivity index is 1.95. The van der Waals surface area contributed by atoms with Gasteiger partial charge in [-0.05, 0) is 53.9 Å². The Kier molecular flexibility index (Phi) is 3.94. The third-order valence-electron chi connectivity index (χ3n) is 4.31. The van der Waals surface area contributed by atoms with Crippen LogP contribution < -0.4 is 5.32 Å². The van der Waals surface area contributed by atoms with Crippen LogP contribution in [0.2, 0.25) is 0 Å². The lowest BCUT2D eigenvalue weighted by molar-refractivity contribution is -0.132. The molecule has 4 heteroatoms. The topological polar surface area (TPSA) is 41.6 Å². The number of likely N-dealkylation sites (tertiary alicyclic amines) is 1. The summed E-state index contributed by atoms with van der Waals surface area (Å²) in [5.41, 5.74) is -0.333. The van der Waals surface area contributed by atoms with Crippen LogP contribution in [0.15, 0.2) is 0 Å². The Morgan fingerprint density at radius 2 is 1.84 bits per heavy atom. The van der Waals surface area contributed by atoms with E-state index >= 15 is 0 Å². The number of hydrogen-bond acceptors (Lipinski definition) is 3. The molecule has 0 spiro atoms. The highest BCUT2D eigenvalue weighted by Crippen LogP contribution is 2.37. The van der Waals surface area contributed by atoms with Gasteiger partial charge in [0.05, 0.1) is 17.2 Å². The Morgan fingerprint density at radius 1 is 1.26 bits per heavy atom. The third kappa shape index (κ3) is 3.29. The number of nitrogens with zero attached hydrogens (tertiary/aromatic N) is 1. The Morgan fingerprint density at radius 3 is 2.32 bits per heavy atom. The van der Waals surface area contributed by atoms with Crippen molar-refractivity contribution in [2.45, 2.75) is 77.2 Å². The van der Waals surface area contributed by atoms with E-state index in [1.54, 1.807) is 0 Å². The number of ether oxygens (including phenoxy) is 1. The molecule has 1 amide bonds. The fraction of sp³-hybridized carbons (Fsp3) is 0.933. The van der Waals surface area contributed by atoms with E-state index in [0.717, 1.165) is 32.4 Å². The molecule has 0 bridgehead atoms. The standard InChI is InChI=1S/C15H28N2O2/c1-11(13(18)17-8-6-7-9-17)16-12-10-14(2,3)19-15(12,4)5/h11-12,16H,6-10H2,1-5H3. The molecule has 2 aliphatic rings. The quantitative estimate of drug-likeness (QED) is 0.850. The van der Waals surface area contributed by atoms with Crippen LogP contribution >= 0.6 is 0 Å². The van der Waals surface area contributed by atoms with Crippen molar-refractivity contribution in [1.29, 1.82) is 0 Å². The van der Waals surface area contributed by atoms with E-state index < -0.39 is 0 Å². The highest BCUT2D eigenvalue weighted by molar-refractivity contribution is 5.81. The first-order valence-corrected chi connectivity index (χ1v) is 7.46. The van der Waals surface area contributed by atoms with Crippen molar-refractivity contribution in [1.82, 2.24) is 10.2 Å². The van der Waals surface area contributed by atoms with Gasteiger partial charge in [-0.3, -0.25) is 4.79 Å². The number of nitrogens with one attached hydrogen (secondary N) is 1. The first-order valence-electron chi connectivity index (χ1n) is 7.46. The molecule has 0 radical (unpaired) electrons. The first kappa shape index (κ1) is 14.8. The summed E-state index contributed by atoms with van der Waals surface area (Å²) in [7, 11) is 0. The van der Waals surface area contributed by atoms with E-state index in [9.17, 15) is 4.79 Å². The summed E-state index contributed by atoms with van der Waals surface area (Å²) in [6.45, 7) is 12.2. The second kappa shape index (κ2) is 5.06. The molecule has 19 heavy (non-hydrogen) atoms. The molecule has 2 unspecified atom stereocenters. The van der Waals surface area contributed by atoms with Crippen molar-refractivity contribution in [3.05, 3.63) is 0 Å². The van der Waals surface area contributed by atoms with Crippen LogP contribution in [0.1, 0.15) is 53.9 Å². The maximum absolute atomic E-state index is 12.3. The van der Waals surface area contributed by atoms with Crippen LogP contribution in [-0.2, 0) is 9.53 Å². The third-order valence-corrected chi connectivity index (χ3v) is 4.31. The van der Waals surface area contributed by atoms with Gasteiger partial charge in [0, 0.05) is 19.1 Å². The van der Waals surface area contributed by atoms with Crippen molar-refractivity contribution in [3.8, 4) is 0 Å². The van der Waals surface area contributed by atoms with Crippen molar-refractivity contribution in [2.24, 2.45) is 0 Å². The molecular formula is C15H28N2O2. The summed E-state index contributed by atoms with van der Waals surface area (Å²) in [4.78, 5) is 14.3. The van der Waals surface area contributed by atoms with Crippen molar-refractivity contribution >= 4 is 5.91 Å². The van der Waals surface area contributed by atoms with Crippen LogP contribution in [0.5, 0.6) is 0 Å². The molecule has 110 valence electrons. The monoisotopic (exact) mass is 268 g/mol. The van der Waals surface area contributed by atoms with Crippen molar-refractivity contribution in [2.75, 3.05) is 13.1 Å².